The highest BCUT2D eigenvalue weighted by Gasteiger charge is 2.18. The summed E-state index contributed by atoms with van der Waals surface area (Å²) in [5, 5.41) is 7.19. The summed E-state index contributed by atoms with van der Waals surface area (Å²) in [6.45, 7) is 1.82. The minimum atomic E-state index is -0.419. The molecule has 0 saturated heterocycles. The van der Waals surface area contributed by atoms with Gasteiger partial charge in [0.1, 0.15) is 11.5 Å². The topological polar surface area (TPSA) is 55.1 Å². The maximum Gasteiger partial charge on any atom is 0.290 e. The number of rotatable bonds is 4. The lowest BCUT2D eigenvalue weighted by molar-refractivity contribution is 0.0902. The van der Waals surface area contributed by atoms with Crippen LogP contribution in [0.5, 0.6) is 0 Å². The molecule has 1 aromatic heterocycles. The molecule has 0 spiro atoms. The van der Waals surface area contributed by atoms with Gasteiger partial charge in [-0.25, -0.2) is 4.39 Å². The Morgan fingerprint density at radius 2 is 2.00 bits per heavy atom. The van der Waals surface area contributed by atoms with Gasteiger partial charge in [0.15, 0.2) is 0 Å². The van der Waals surface area contributed by atoms with Gasteiger partial charge in [0.25, 0.3) is 5.91 Å². The first-order valence-electron chi connectivity index (χ1n) is 7.32. The third-order valence-corrected chi connectivity index (χ3v) is 3.92. The van der Waals surface area contributed by atoms with Crippen molar-refractivity contribution in [1.82, 2.24) is 10.5 Å². The Kier molecular flexibility index (Phi) is 4.62. The minimum Gasteiger partial charge on any atom is -0.350 e. The third-order valence-electron chi connectivity index (χ3n) is 3.57. The van der Waals surface area contributed by atoms with Crippen molar-refractivity contribution in [3.8, 4) is 11.3 Å². The molecule has 4 nitrogen and oxygen atoms in total. The van der Waals surface area contributed by atoms with Crippen LogP contribution >= 0.6 is 11.6 Å². The number of amides is 1. The van der Waals surface area contributed by atoms with E-state index in [0.29, 0.717) is 16.3 Å². The molecule has 0 aliphatic carbocycles. The SMILES string of the molecule is C[C@@H](NC(=O)c1cc(-c2cccc(F)c2)no1)c1ccccc1Cl. The van der Waals surface area contributed by atoms with Crippen LogP contribution < -0.4 is 5.32 Å². The van der Waals surface area contributed by atoms with Crippen LogP contribution in [-0.4, -0.2) is 11.1 Å². The molecule has 1 N–H and O–H groups in total. The van der Waals surface area contributed by atoms with Gasteiger partial charge >= 0.3 is 0 Å². The number of aromatic nitrogens is 1. The molecule has 0 fully saturated rings. The monoisotopic (exact) mass is 344 g/mol. The number of hydrogen-bond acceptors (Lipinski definition) is 3. The lowest BCUT2D eigenvalue weighted by atomic mass is 10.1. The Balaban J connectivity index is 1.76. The lowest BCUT2D eigenvalue weighted by Gasteiger charge is -2.14. The zero-order valence-corrected chi connectivity index (χ0v) is 13.5. The average molecular weight is 345 g/mol. The fourth-order valence-electron chi connectivity index (χ4n) is 2.34. The lowest BCUT2D eigenvalue weighted by Crippen LogP contribution is -2.26. The van der Waals surface area contributed by atoms with E-state index in [1.54, 1.807) is 18.2 Å². The predicted octanol–water partition coefficient (Wildman–Crippen LogP) is 4.63. The van der Waals surface area contributed by atoms with Crippen LogP contribution in [0.15, 0.2) is 59.1 Å². The Bertz CT molecular complexity index is 879. The third kappa shape index (κ3) is 3.46. The largest absolute Gasteiger partial charge is 0.350 e. The number of carbonyl (C=O) groups is 1. The van der Waals surface area contributed by atoms with E-state index in [1.807, 2.05) is 25.1 Å². The van der Waals surface area contributed by atoms with Gasteiger partial charge in [-0.2, -0.15) is 0 Å². The van der Waals surface area contributed by atoms with E-state index in [0.717, 1.165) is 5.56 Å². The molecule has 6 heteroatoms. The van der Waals surface area contributed by atoms with Gasteiger partial charge in [-0.3, -0.25) is 4.79 Å². The summed E-state index contributed by atoms with van der Waals surface area (Å²) < 4.78 is 18.3. The van der Waals surface area contributed by atoms with Crippen molar-refractivity contribution >= 4 is 17.5 Å². The van der Waals surface area contributed by atoms with Crippen LogP contribution in [0.1, 0.15) is 29.1 Å². The van der Waals surface area contributed by atoms with Crippen LogP contribution in [-0.2, 0) is 0 Å². The van der Waals surface area contributed by atoms with E-state index >= 15 is 0 Å². The van der Waals surface area contributed by atoms with Crippen molar-refractivity contribution in [2.24, 2.45) is 0 Å². The highest BCUT2D eigenvalue weighted by atomic mass is 35.5. The molecule has 3 rings (SSSR count). The van der Waals surface area contributed by atoms with E-state index in [4.69, 9.17) is 16.1 Å². The van der Waals surface area contributed by atoms with E-state index in [1.165, 1.54) is 18.2 Å². The van der Waals surface area contributed by atoms with E-state index in [2.05, 4.69) is 10.5 Å². The molecule has 0 saturated carbocycles. The number of hydrogen-bond donors (Lipinski definition) is 1. The van der Waals surface area contributed by atoms with Gasteiger partial charge < -0.3 is 9.84 Å². The second-order valence-corrected chi connectivity index (χ2v) is 5.71. The van der Waals surface area contributed by atoms with Gasteiger partial charge in [0.2, 0.25) is 5.76 Å². The number of carbonyl (C=O) groups excluding carboxylic acids is 1. The first-order chi connectivity index (χ1) is 11.5. The molecule has 24 heavy (non-hydrogen) atoms. The standard InChI is InChI=1S/C18H14ClFN2O2/c1-11(14-7-2-3-8-15(14)19)21-18(23)17-10-16(22-24-17)12-5-4-6-13(20)9-12/h2-11H,1H3,(H,21,23)/t11-/m1/s1. The van der Waals surface area contributed by atoms with Crippen LogP contribution in [0.2, 0.25) is 5.02 Å². The maximum absolute atomic E-state index is 13.3. The first-order valence-corrected chi connectivity index (χ1v) is 7.70. The smallest absolute Gasteiger partial charge is 0.290 e. The van der Waals surface area contributed by atoms with Gasteiger partial charge in [-0.1, -0.05) is 47.1 Å². The van der Waals surface area contributed by atoms with Crippen LogP contribution in [0.4, 0.5) is 4.39 Å². The summed E-state index contributed by atoms with van der Waals surface area (Å²) in [5.74, 6) is -0.750. The fourth-order valence-corrected chi connectivity index (χ4v) is 2.64. The predicted molar refractivity (Wildman–Crippen MR) is 89.2 cm³/mol. The molecule has 0 radical (unpaired) electrons. The van der Waals surface area contributed by atoms with E-state index in [-0.39, 0.29) is 17.6 Å². The van der Waals surface area contributed by atoms with Gasteiger partial charge in [0, 0.05) is 16.7 Å². The first kappa shape index (κ1) is 16.2. The summed E-state index contributed by atoms with van der Waals surface area (Å²) in [7, 11) is 0. The summed E-state index contributed by atoms with van der Waals surface area (Å²) in [6, 6.07) is 14.4. The van der Waals surface area contributed by atoms with E-state index in [9.17, 15) is 9.18 Å². The molecule has 0 bridgehead atoms. The quantitative estimate of drug-likeness (QED) is 0.751. The van der Waals surface area contributed by atoms with Gasteiger partial charge in [0.05, 0.1) is 6.04 Å². The molecule has 1 heterocycles. The Labute approximate surface area is 143 Å². The fraction of sp³-hybridized carbons (Fsp3) is 0.111. The van der Waals surface area contributed by atoms with Crippen molar-refractivity contribution in [2.45, 2.75) is 13.0 Å². The summed E-state index contributed by atoms with van der Waals surface area (Å²) >= 11 is 6.12. The van der Waals surface area contributed by atoms with Gasteiger partial charge in [-0.05, 0) is 30.7 Å². The number of nitrogens with one attached hydrogen (secondary N) is 1. The summed E-state index contributed by atoms with van der Waals surface area (Å²) in [6.07, 6.45) is 0. The van der Waals surface area contributed by atoms with Crippen LogP contribution in [0, 0.1) is 5.82 Å². The van der Waals surface area contributed by atoms with Crippen molar-refractivity contribution in [3.63, 3.8) is 0 Å². The Morgan fingerprint density at radius 3 is 2.75 bits per heavy atom. The average Bonchev–Trinajstić information content (AvgIpc) is 3.05. The maximum atomic E-state index is 13.3. The van der Waals surface area contributed by atoms with Crippen molar-refractivity contribution in [2.75, 3.05) is 0 Å². The molecule has 1 atom stereocenters. The van der Waals surface area contributed by atoms with Crippen LogP contribution in [0.3, 0.4) is 0 Å². The molecule has 0 aliphatic heterocycles. The molecule has 122 valence electrons. The second-order valence-electron chi connectivity index (χ2n) is 5.30. The summed E-state index contributed by atoms with van der Waals surface area (Å²) in [5.41, 5.74) is 1.74. The molecule has 0 aliphatic rings. The zero-order valence-electron chi connectivity index (χ0n) is 12.8. The van der Waals surface area contributed by atoms with E-state index < -0.39 is 5.91 Å². The zero-order chi connectivity index (χ0) is 17.1. The molecular weight excluding hydrogens is 331 g/mol. The van der Waals surface area contributed by atoms with Crippen LogP contribution in [0.25, 0.3) is 11.3 Å². The number of benzene rings is 2. The molecule has 2 aromatic carbocycles. The number of halogens is 2. The summed E-state index contributed by atoms with van der Waals surface area (Å²) in [4.78, 5) is 12.3. The number of nitrogens with zero attached hydrogens (tertiary/aromatic N) is 1. The normalized spacial score (nSPS) is 12.0. The highest BCUT2D eigenvalue weighted by Crippen LogP contribution is 2.23. The van der Waals surface area contributed by atoms with Crippen molar-refractivity contribution in [3.05, 3.63) is 76.8 Å². The Hall–Kier alpha value is -2.66. The molecule has 0 unspecified atom stereocenters. The molecule has 1 amide bonds. The highest BCUT2D eigenvalue weighted by molar-refractivity contribution is 6.31. The minimum absolute atomic E-state index is 0.0492. The molecular formula is C18H14ClFN2O2. The van der Waals surface area contributed by atoms with Crippen molar-refractivity contribution < 1.29 is 13.7 Å². The Morgan fingerprint density at radius 1 is 1.21 bits per heavy atom. The molecule has 3 aromatic rings. The van der Waals surface area contributed by atoms with Crippen molar-refractivity contribution in [1.29, 1.82) is 0 Å². The van der Waals surface area contributed by atoms with Gasteiger partial charge in [-0.15, -0.1) is 0 Å². The second kappa shape index (κ2) is 6.84.